The molecule has 0 atom stereocenters. The summed E-state index contributed by atoms with van der Waals surface area (Å²) >= 11 is 0. The molecule has 0 radical (unpaired) electrons. The summed E-state index contributed by atoms with van der Waals surface area (Å²) in [5, 5.41) is 0. The number of hydrogen-bond acceptors (Lipinski definition) is 15. The molecule has 0 aromatic rings. The van der Waals surface area contributed by atoms with Gasteiger partial charge in [0.2, 0.25) is 0 Å². The van der Waals surface area contributed by atoms with E-state index in [1.54, 1.807) is 21.3 Å². The Morgan fingerprint density at radius 1 is 0.405 bits per heavy atom. The topological polar surface area (TPSA) is 162 Å². The van der Waals surface area contributed by atoms with Gasteiger partial charge in [-0.1, -0.05) is 0 Å². The van der Waals surface area contributed by atoms with Crippen LogP contribution in [0.1, 0.15) is 0 Å². The van der Waals surface area contributed by atoms with Gasteiger partial charge in [0.15, 0.2) is 0 Å². The Morgan fingerprint density at radius 3 is 0.919 bits per heavy atom. The molecule has 0 fully saturated rings. The van der Waals surface area contributed by atoms with E-state index in [1.807, 2.05) is 0 Å². The number of carbonyl (C=O) groups excluding carboxylic acids is 3. The molecule has 0 aromatic carbocycles. The van der Waals surface area contributed by atoms with Gasteiger partial charge in [-0.3, -0.25) is 0 Å². The van der Waals surface area contributed by atoms with Gasteiger partial charge in [-0.05, 0) is 0 Å². The van der Waals surface area contributed by atoms with E-state index < -0.39 is 44.2 Å². The lowest BCUT2D eigenvalue weighted by molar-refractivity contribution is -0.262. The van der Waals surface area contributed by atoms with Crippen LogP contribution in [0.5, 0.6) is 0 Å². The summed E-state index contributed by atoms with van der Waals surface area (Å²) in [5.74, 6) is -2.83. The van der Waals surface area contributed by atoms with Gasteiger partial charge in [0, 0.05) is 21.3 Å². The first-order valence-corrected chi connectivity index (χ1v) is 11.5. The zero-order valence-electron chi connectivity index (χ0n) is 21.8. The van der Waals surface area contributed by atoms with Gasteiger partial charge in [-0.25, -0.2) is 14.4 Å². The molecule has 0 bridgehead atoms. The molecule has 0 spiro atoms. The first-order valence-electron chi connectivity index (χ1n) is 11.5. The predicted octanol–water partition coefficient (Wildman–Crippen LogP) is -1.06. The minimum Gasteiger partial charge on any atom is -0.389 e. The summed E-state index contributed by atoms with van der Waals surface area (Å²) in [6.45, 7) is -0.0647. The van der Waals surface area contributed by atoms with Crippen molar-refractivity contribution in [2.45, 2.75) is 6.48 Å². The van der Waals surface area contributed by atoms with Crippen LogP contribution < -0.4 is 0 Å². The van der Waals surface area contributed by atoms with Gasteiger partial charge in [0.05, 0.1) is 79.3 Å². The maximum atomic E-state index is 12.0. The third kappa shape index (κ3) is 25.5. The molecule has 0 amide bonds. The molecule has 0 N–H and O–H groups in total. The number of esters is 3. The molecule has 0 rings (SSSR count). The highest BCUT2D eigenvalue weighted by molar-refractivity contribution is 5.74. The lowest BCUT2D eigenvalue weighted by atomic mass is 10.6. The van der Waals surface area contributed by atoms with Crippen LogP contribution in [0, 0.1) is 0 Å². The van der Waals surface area contributed by atoms with Crippen LogP contribution in [0.25, 0.3) is 0 Å². The molecule has 0 aliphatic carbocycles. The molecule has 0 aromatic heterocycles. The molecule has 218 valence electrons. The summed E-state index contributed by atoms with van der Waals surface area (Å²) in [4.78, 5) is 36.0. The van der Waals surface area contributed by atoms with Crippen LogP contribution in [-0.2, 0) is 71.2 Å². The second kappa shape index (κ2) is 27.1. The van der Waals surface area contributed by atoms with Gasteiger partial charge in [-0.2, -0.15) is 0 Å². The lowest BCUT2D eigenvalue weighted by Gasteiger charge is -2.18. The Morgan fingerprint density at radius 2 is 0.649 bits per heavy atom. The van der Waals surface area contributed by atoms with Crippen molar-refractivity contribution in [3.05, 3.63) is 0 Å². The molecular weight excluding hydrogens is 504 g/mol. The first-order chi connectivity index (χ1) is 18.0. The van der Waals surface area contributed by atoms with Crippen LogP contribution in [0.15, 0.2) is 0 Å². The molecule has 0 heterocycles. The van der Waals surface area contributed by atoms with E-state index in [4.69, 9.17) is 56.8 Å². The molecule has 15 heteroatoms. The molecule has 0 aliphatic heterocycles. The van der Waals surface area contributed by atoms with E-state index in [9.17, 15) is 14.4 Å². The van der Waals surface area contributed by atoms with Crippen molar-refractivity contribution in [1.29, 1.82) is 0 Å². The van der Waals surface area contributed by atoms with Gasteiger partial charge in [-0.15, -0.1) is 0 Å². The van der Waals surface area contributed by atoms with Gasteiger partial charge >= 0.3 is 24.4 Å². The van der Waals surface area contributed by atoms with Crippen molar-refractivity contribution in [3.8, 4) is 0 Å². The van der Waals surface area contributed by atoms with Crippen LogP contribution in [0.3, 0.4) is 0 Å². The maximum absolute atomic E-state index is 12.0. The SMILES string of the molecule is COCCOCCOCC(=O)OC(OC(=O)COCCOCCOC)OC(=O)COCCOCCOC. The predicted molar refractivity (Wildman–Crippen MR) is 123 cm³/mol. The maximum Gasteiger partial charge on any atom is 0.413 e. The van der Waals surface area contributed by atoms with Crippen LogP contribution >= 0.6 is 0 Å². The lowest BCUT2D eigenvalue weighted by Crippen LogP contribution is -2.33. The van der Waals surface area contributed by atoms with Crippen molar-refractivity contribution < 1.29 is 71.2 Å². The third-order valence-corrected chi connectivity index (χ3v) is 3.75. The van der Waals surface area contributed by atoms with Crippen molar-refractivity contribution in [1.82, 2.24) is 0 Å². The summed E-state index contributed by atoms with van der Waals surface area (Å²) < 4.78 is 60.0. The van der Waals surface area contributed by atoms with Crippen LogP contribution in [-0.4, -0.2) is 145 Å². The fourth-order valence-corrected chi connectivity index (χ4v) is 2.05. The standard InChI is InChI=1S/C22H40O15/c1-26-4-7-29-10-13-32-16-19(23)35-22(36-20(24)17-33-14-11-30-8-5-27-2)37-21(25)18-34-15-12-31-9-6-28-3/h22H,4-18H2,1-3H3. The third-order valence-electron chi connectivity index (χ3n) is 3.75. The summed E-state index contributed by atoms with van der Waals surface area (Å²) in [6.07, 6.45) is 0. The van der Waals surface area contributed by atoms with E-state index in [-0.39, 0.29) is 39.6 Å². The number of carbonyl (C=O) groups is 3. The van der Waals surface area contributed by atoms with Crippen molar-refractivity contribution >= 4 is 17.9 Å². The van der Waals surface area contributed by atoms with Crippen molar-refractivity contribution in [2.75, 3.05) is 120 Å². The Balaban J connectivity index is 4.40. The molecule has 0 unspecified atom stereocenters. The fourth-order valence-electron chi connectivity index (χ4n) is 2.05. The minimum absolute atomic E-state index is 0.101. The molecular formula is C22H40O15. The second-order valence-electron chi connectivity index (χ2n) is 6.73. The summed E-state index contributed by atoms with van der Waals surface area (Å²) in [6, 6.07) is 0. The van der Waals surface area contributed by atoms with Gasteiger partial charge in [0.25, 0.3) is 0 Å². The van der Waals surface area contributed by atoms with Crippen LogP contribution in [0.4, 0.5) is 0 Å². The molecule has 37 heavy (non-hydrogen) atoms. The average Bonchev–Trinajstić information content (AvgIpc) is 2.87. The number of ether oxygens (including phenoxy) is 12. The van der Waals surface area contributed by atoms with E-state index in [1.165, 1.54) is 0 Å². The highest BCUT2D eigenvalue weighted by atomic mass is 16.9. The molecule has 0 saturated carbocycles. The fraction of sp³-hybridized carbons (Fsp3) is 0.864. The Labute approximate surface area is 216 Å². The monoisotopic (exact) mass is 544 g/mol. The quantitative estimate of drug-likeness (QED) is 0.0698. The Kier molecular flexibility index (Phi) is 25.7. The van der Waals surface area contributed by atoms with Gasteiger partial charge in [0.1, 0.15) is 19.8 Å². The number of hydrogen-bond donors (Lipinski definition) is 0. The largest absolute Gasteiger partial charge is 0.413 e. The summed E-state index contributed by atoms with van der Waals surface area (Å²) in [7, 11) is 4.63. The first kappa shape index (κ1) is 35.0. The zero-order chi connectivity index (χ0) is 27.4. The highest BCUT2D eigenvalue weighted by Crippen LogP contribution is 2.02. The highest BCUT2D eigenvalue weighted by Gasteiger charge is 2.24. The second-order valence-corrected chi connectivity index (χ2v) is 6.73. The zero-order valence-corrected chi connectivity index (χ0v) is 21.8. The average molecular weight is 545 g/mol. The van der Waals surface area contributed by atoms with E-state index in [0.29, 0.717) is 39.6 Å². The molecule has 0 aliphatic rings. The van der Waals surface area contributed by atoms with Gasteiger partial charge < -0.3 is 56.8 Å². The van der Waals surface area contributed by atoms with E-state index >= 15 is 0 Å². The van der Waals surface area contributed by atoms with Crippen molar-refractivity contribution in [3.63, 3.8) is 0 Å². The van der Waals surface area contributed by atoms with E-state index in [2.05, 4.69) is 0 Å². The number of methoxy groups -OCH3 is 3. The Hall–Kier alpha value is -1.95. The smallest absolute Gasteiger partial charge is 0.389 e. The summed E-state index contributed by atoms with van der Waals surface area (Å²) in [5.41, 5.74) is 0. The minimum atomic E-state index is -1.96. The van der Waals surface area contributed by atoms with E-state index in [0.717, 1.165) is 0 Å². The van der Waals surface area contributed by atoms with Crippen LogP contribution in [0.2, 0.25) is 0 Å². The molecule has 0 saturated heterocycles. The van der Waals surface area contributed by atoms with Crippen molar-refractivity contribution in [2.24, 2.45) is 0 Å². The normalized spacial score (nSPS) is 11.0. The Bertz CT molecular complexity index is 484. The molecule has 15 nitrogen and oxygen atoms in total. The number of rotatable bonds is 27.